The third-order valence-corrected chi connectivity index (χ3v) is 2.27. The highest BCUT2D eigenvalue weighted by molar-refractivity contribution is 4.99. The van der Waals surface area contributed by atoms with Gasteiger partial charge < -0.3 is 5.32 Å². The standard InChI is InChI=1S/C11H21N/c1-6-10(7-2)12-11(8-3)9(4)5/h1,9-12H,7-8H2,2-5H3. The molecule has 2 atom stereocenters. The maximum Gasteiger partial charge on any atom is 0.0686 e. The molecule has 0 fully saturated rings. The zero-order valence-electron chi connectivity index (χ0n) is 8.72. The summed E-state index contributed by atoms with van der Waals surface area (Å²) in [4.78, 5) is 0. The highest BCUT2D eigenvalue weighted by Crippen LogP contribution is 2.07. The minimum absolute atomic E-state index is 0.248. The summed E-state index contributed by atoms with van der Waals surface area (Å²) in [5.74, 6) is 3.42. The van der Waals surface area contributed by atoms with Crippen LogP contribution in [-0.4, -0.2) is 12.1 Å². The zero-order valence-corrected chi connectivity index (χ0v) is 8.72. The van der Waals surface area contributed by atoms with Crippen LogP contribution < -0.4 is 5.32 Å². The predicted octanol–water partition coefficient (Wildman–Crippen LogP) is 2.42. The van der Waals surface area contributed by atoms with Crippen LogP contribution in [0.5, 0.6) is 0 Å². The van der Waals surface area contributed by atoms with Gasteiger partial charge in [0.1, 0.15) is 0 Å². The fraction of sp³-hybridized carbons (Fsp3) is 0.818. The summed E-state index contributed by atoms with van der Waals surface area (Å²) in [5.41, 5.74) is 0. The number of hydrogen-bond acceptors (Lipinski definition) is 1. The molecule has 0 radical (unpaired) electrons. The Hall–Kier alpha value is -0.480. The van der Waals surface area contributed by atoms with Gasteiger partial charge in [0, 0.05) is 6.04 Å². The van der Waals surface area contributed by atoms with Crippen molar-refractivity contribution in [1.29, 1.82) is 0 Å². The van der Waals surface area contributed by atoms with Crippen LogP contribution in [0.1, 0.15) is 40.5 Å². The lowest BCUT2D eigenvalue weighted by Crippen LogP contribution is -2.39. The van der Waals surface area contributed by atoms with Crippen LogP contribution in [0.4, 0.5) is 0 Å². The highest BCUT2D eigenvalue weighted by atomic mass is 14.9. The van der Waals surface area contributed by atoms with Gasteiger partial charge in [0.05, 0.1) is 6.04 Å². The van der Waals surface area contributed by atoms with Crippen LogP contribution in [0, 0.1) is 18.3 Å². The van der Waals surface area contributed by atoms with Crippen molar-refractivity contribution in [3.05, 3.63) is 0 Å². The molecule has 0 aromatic carbocycles. The second kappa shape index (κ2) is 6.08. The minimum Gasteiger partial charge on any atom is -0.301 e. The van der Waals surface area contributed by atoms with Gasteiger partial charge in [-0.1, -0.05) is 33.6 Å². The lowest BCUT2D eigenvalue weighted by molar-refractivity contribution is 0.366. The molecule has 0 aliphatic carbocycles. The van der Waals surface area contributed by atoms with Crippen molar-refractivity contribution in [2.24, 2.45) is 5.92 Å². The zero-order chi connectivity index (χ0) is 9.56. The molecule has 0 saturated carbocycles. The molecule has 1 heteroatoms. The molecule has 0 aromatic rings. The Bertz CT molecular complexity index is 144. The monoisotopic (exact) mass is 167 g/mol. The predicted molar refractivity (Wildman–Crippen MR) is 55.0 cm³/mol. The first-order valence-corrected chi connectivity index (χ1v) is 4.87. The van der Waals surface area contributed by atoms with Crippen molar-refractivity contribution in [2.45, 2.75) is 52.6 Å². The van der Waals surface area contributed by atoms with E-state index in [4.69, 9.17) is 6.42 Å². The molecule has 2 unspecified atom stereocenters. The molecule has 0 saturated heterocycles. The SMILES string of the molecule is C#CC(CC)NC(CC)C(C)C. The van der Waals surface area contributed by atoms with Crippen LogP contribution >= 0.6 is 0 Å². The molecule has 0 aliphatic heterocycles. The van der Waals surface area contributed by atoms with Gasteiger partial charge in [-0.2, -0.15) is 0 Å². The Morgan fingerprint density at radius 1 is 1.25 bits per heavy atom. The smallest absolute Gasteiger partial charge is 0.0686 e. The summed E-state index contributed by atoms with van der Waals surface area (Å²) in [5, 5.41) is 3.47. The van der Waals surface area contributed by atoms with E-state index in [1.165, 1.54) is 0 Å². The number of rotatable bonds is 5. The van der Waals surface area contributed by atoms with E-state index in [2.05, 4.69) is 38.9 Å². The molecule has 0 heterocycles. The van der Waals surface area contributed by atoms with E-state index in [0.29, 0.717) is 12.0 Å². The van der Waals surface area contributed by atoms with Crippen molar-refractivity contribution < 1.29 is 0 Å². The summed E-state index contributed by atoms with van der Waals surface area (Å²) >= 11 is 0. The van der Waals surface area contributed by atoms with E-state index in [-0.39, 0.29) is 6.04 Å². The molecular formula is C11H21N. The first kappa shape index (κ1) is 11.5. The van der Waals surface area contributed by atoms with E-state index in [9.17, 15) is 0 Å². The van der Waals surface area contributed by atoms with Gasteiger partial charge >= 0.3 is 0 Å². The van der Waals surface area contributed by atoms with Crippen LogP contribution in [-0.2, 0) is 0 Å². The quantitative estimate of drug-likeness (QED) is 0.620. The molecule has 0 bridgehead atoms. The first-order valence-electron chi connectivity index (χ1n) is 4.87. The molecule has 0 rings (SSSR count). The molecule has 0 aromatic heterocycles. The maximum absolute atomic E-state index is 5.37. The lowest BCUT2D eigenvalue weighted by atomic mass is 10.0. The fourth-order valence-electron chi connectivity index (χ4n) is 1.32. The molecule has 70 valence electrons. The highest BCUT2D eigenvalue weighted by Gasteiger charge is 2.13. The summed E-state index contributed by atoms with van der Waals surface area (Å²) in [7, 11) is 0. The van der Waals surface area contributed by atoms with Gasteiger partial charge in [-0.15, -0.1) is 6.42 Å². The molecule has 1 N–H and O–H groups in total. The second-order valence-electron chi connectivity index (χ2n) is 3.55. The average Bonchev–Trinajstić information content (AvgIpc) is 2.06. The lowest BCUT2D eigenvalue weighted by Gasteiger charge is -2.23. The third-order valence-electron chi connectivity index (χ3n) is 2.27. The van der Waals surface area contributed by atoms with E-state index >= 15 is 0 Å². The molecule has 0 amide bonds. The van der Waals surface area contributed by atoms with E-state index < -0.39 is 0 Å². The number of terminal acetylenes is 1. The summed E-state index contributed by atoms with van der Waals surface area (Å²) in [6.07, 6.45) is 7.54. The summed E-state index contributed by atoms with van der Waals surface area (Å²) in [6.45, 7) is 8.76. The Kier molecular flexibility index (Phi) is 5.84. The maximum atomic E-state index is 5.37. The van der Waals surface area contributed by atoms with Gasteiger partial charge in [0.25, 0.3) is 0 Å². The van der Waals surface area contributed by atoms with Crippen molar-refractivity contribution in [3.8, 4) is 12.3 Å². The Balaban J connectivity index is 3.93. The topological polar surface area (TPSA) is 12.0 Å². The van der Waals surface area contributed by atoms with Crippen molar-refractivity contribution in [3.63, 3.8) is 0 Å². The van der Waals surface area contributed by atoms with E-state index in [1.807, 2.05) is 0 Å². The first-order chi connectivity index (χ1) is 5.65. The number of nitrogens with one attached hydrogen (secondary N) is 1. The van der Waals surface area contributed by atoms with Crippen molar-refractivity contribution in [2.75, 3.05) is 0 Å². The van der Waals surface area contributed by atoms with Crippen LogP contribution in [0.15, 0.2) is 0 Å². The van der Waals surface area contributed by atoms with Crippen LogP contribution in [0.3, 0.4) is 0 Å². The van der Waals surface area contributed by atoms with Crippen LogP contribution in [0.25, 0.3) is 0 Å². The Morgan fingerprint density at radius 3 is 2.08 bits per heavy atom. The van der Waals surface area contributed by atoms with Crippen molar-refractivity contribution >= 4 is 0 Å². The summed E-state index contributed by atoms with van der Waals surface area (Å²) < 4.78 is 0. The minimum atomic E-state index is 0.248. The molecule has 1 nitrogen and oxygen atoms in total. The second-order valence-corrected chi connectivity index (χ2v) is 3.55. The largest absolute Gasteiger partial charge is 0.301 e. The van der Waals surface area contributed by atoms with Gasteiger partial charge in [0.15, 0.2) is 0 Å². The van der Waals surface area contributed by atoms with Crippen LogP contribution in [0.2, 0.25) is 0 Å². The van der Waals surface area contributed by atoms with E-state index in [1.54, 1.807) is 0 Å². The van der Waals surface area contributed by atoms with Gasteiger partial charge in [-0.25, -0.2) is 0 Å². The fourth-order valence-corrected chi connectivity index (χ4v) is 1.32. The van der Waals surface area contributed by atoms with Crippen molar-refractivity contribution in [1.82, 2.24) is 5.32 Å². The Morgan fingerprint density at radius 2 is 1.83 bits per heavy atom. The van der Waals surface area contributed by atoms with Gasteiger partial charge in [0.2, 0.25) is 0 Å². The van der Waals surface area contributed by atoms with E-state index in [0.717, 1.165) is 12.8 Å². The Labute approximate surface area is 76.9 Å². The molecule has 0 aliphatic rings. The molecule has 12 heavy (non-hydrogen) atoms. The number of hydrogen-bond donors (Lipinski definition) is 1. The molecule has 0 spiro atoms. The third kappa shape index (κ3) is 3.78. The average molecular weight is 167 g/mol. The normalized spacial score (nSPS) is 15.7. The van der Waals surface area contributed by atoms with Gasteiger partial charge in [-0.05, 0) is 18.8 Å². The summed E-state index contributed by atoms with van der Waals surface area (Å²) in [6, 6.07) is 0.809. The molecular weight excluding hydrogens is 146 g/mol. The van der Waals surface area contributed by atoms with Gasteiger partial charge in [-0.3, -0.25) is 0 Å².